The van der Waals surface area contributed by atoms with Crippen molar-refractivity contribution in [2.45, 2.75) is 13.1 Å². The molecule has 1 fully saturated rings. The van der Waals surface area contributed by atoms with E-state index in [2.05, 4.69) is 57.5 Å². The number of benzene rings is 1. The summed E-state index contributed by atoms with van der Waals surface area (Å²) in [5.41, 5.74) is 3.83. The monoisotopic (exact) mass is 285 g/mol. The minimum absolute atomic E-state index is 0.858. The Hall–Kier alpha value is -1.78. The number of rotatable bonds is 5. The van der Waals surface area contributed by atoms with Gasteiger partial charge in [-0.15, -0.1) is 0 Å². The summed E-state index contributed by atoms with van der Waals surface area (Å²) in [5, 5.41) is 3.46. The second-order valence-electron chi connectivity index (χ2n) is 5.62. The second kappa shape index (κ2) is 6.78. The molecule has 1 aliphatic heterocycles. The maximum absolute atomic E-state index is 5.38. The molecule has 3 rings (SSSR count). The van der Waals surface area contributed by atoms with Crippen molar-refractivity contribution in [3.63, 3.8) is 0 Å². The van der Waals surface area contributed by atoms with Crippen molar-refractivity contribution >= 4 is 5.69 Å². The van der Waals surface area contributed by atoms with Crippen molar-refractivity contribution < 1.29 is 4.74 Å². The number of nitrogens with zero attached hydrogens (tertiary/aromatic N) is 2. The summed E-state index contributed by atoms with van der Waals surface area (Å²) in [5.74, 6) is 0. The molecule has 112 valence electrons. The van der Waals surface area contributed by atoms with Crippen LogP contribution in [0.1, 0.15) is 11.1 Å². The molecule has 0 aliphatic carbocycles. The van der Waals surface area contributed by atoms with E-state index in [9.17, 15) is 0 Å². The minimum Gasteiger partial charge on any atom is -0.381 e. The smallest absolute Gasteiger partial charge is 0.0594 e. The van der Waals surface area contributed by atoms with Gasteiger partial charge in [0.1, 0.15) is 0 Å². The van der Waals surface area contributed by atoms with Crippen LogP contribution in [-0.4, -0.2) is 35.8 Å². The van der Waals surface area contributed by atoms with Crippen LogP contribution < -0.4 is 5.32 Å². The Bertz CT molecular complexity index is 556. The van der Waals surface area contributed by atoms with Gasteiger partial charge < -0.3 is 14.6 Å². The van der Waals surface area contributed by atoms with Crippen molar-refractivity contribution in [3.05, 3.63) is 53.9 Å². The third kappa shape index (κ3) is 4.09. The summed E-state index contributed by atoms with van der Waals surface area (Å²) in [6.07, 6.45) is 4.21. The third-order valence-electron chi connectivity index (χ3n) is 3.85. The topological polar surface area (TPSA) is 29.4 Å². The maximum Gasteiger partial charge on any atom is 0.0594 e. The predicted molar refractivity (Wildman–Crippen MR) is 85.3 cm³/mol. The first-order valence-corrected chi connectivity index (χ1v) is 7.53. The van der Waals surface area contributed by atoms with Gasteiger partial charge in [-0.1, -0.05) is 12.1 Å². The van der Waals surface area contributed by atoms with Gasteiger partial charge in [0.05, 0.1) is 13.2 Å². The van der Waals surface area contributed by atoms with Crippen LogP contribution in [0.4, 0.5) is 5.69 Å². The number of ether oxygens (including phenoxy) is 1. The molecule has 0 amide bonds. The van der Waals surface area contributed by atoms with E-state index < -0.39 is 0 Å². The first-order valence-electron chi connectivity index (χ1n) is 7.53. The Balaban J connectivity index is 1.51. The summed E-state index contributed by atoms with van der Waals surface area (Å²) in [6, 6.07) is 10.9. The molecule has 0 unspecified atom stereocenters. The van der Waals surface area contributed by atoms with Crippen molar-refractivity contribution in [3.8, 4) is 0 Å². The average molecular weight is 285 g/mol. The molecule has 1 aromatic carbocycles. The number of morpholine rings is 1. The first kappa shape index (κ1) is 14.2. The fraction of sp³-hybridized carbons (Fsp3) is 0.412. The predicted octanol–water partition coefficient (Wildman–Crippen LogP) is 2.47. The largest absolute Gasteiger partial charge is 0.381 e. The standard InChI is InChI=1S/C17H23N3O/c1-19-7-6-16(13-19)12-18-17-4-2-15(3-5-17)14-20-8-10-21-11-9-20/h2-7,13,18H,8-12,14H2,1H3. The highest BCUT2D eigenvalue weighted by Gasteiger charge is 2.10. The van der Waals surface area contributed by atoms with E-state index in [-0.39, 0.29) is 0 Å². The normalized spacial score (nSPS) is 16.0. The van der Waals surface area contributed by atoms with Gasteiger partial charge >= 0.3 is 0 Å². The van der Waals surface area contributed by atoms with E-state index in [0.717, 1.165) is 39.4 Å². The van der Waals surface area contributed by atoms with Crippen LogP contribution in [0.5, 0.6) is 0 Å². The lowest BCUT2D eigenvalue weighted by molar-refractivity contribution is 0.0342. The van der Waals surface area contributed by atoms with Crippen molar-refractivity contribution in [1.29, 1.82) is 0 Å². The molecule has 1 saturated heterocycles. The van der Waals surface area contributed by atoms with Gasteiger partial charge in [-0.3, -0.25) is 4.90 Å². The van der Waals surface area contributed by atoms with E-state index >= 15 is 0 Å². The second-order valence-corrected chi connectivity index (χ2v) is 5.62. The number of anilines is 1. The van der Waals surface area contributed by atoms with Crippen LogP contribution in [0.2, 0.25) is 0 Å². The first-order chi connectivity index (χ1) is 10.3. The minimum atomic E-state index is 0.858. The van der Waals surface area contributed by atoms with E-state index in [1.54, 1.807) is 0 Å². The molecule has 0 spiro atoms. The van der Waals surface area contributed by atoms with Crippen LogP contribution in [0.3, 0.4) is 0 Å². The van der Waals surface area contributed by atoms with Crippen LogP contribution in [0.25, 0.3) is 0 Å². The molecule has 1 aliphatic rings. The van der Waals surface area contributed by atoms with Gasteiger partial charge in [-0.05, 0) is 29.3 Å². The lowest BCUT2D eigenvalue weighted by Crippen LogP contribution is -2.35. The zero-order chi connectivity index (χ0) is 14.5. The van der Waals surface area contributed by atoms with Crippen LogP contribution >= 0.6 is 0 Å². The number of aryl methyl sites for hydroxylation is 1. The highest BCUT2D eigenvalue weighted by molar-refractivity contribution is 5.45. The zero-order valence-electron chi connectivity index (χ0n) is 12.6. The molecule has 21 heavy (non-hydrogen) atoms. The average Bonchev–Trinajstić information content (AvgIpc) is 2.93. The van der Waals surface area contributed by atoms with Gasteiger partial charge in [0.15, 0.2) is 0 Å². The summed E-state index contributed by atoms with van der Waals surface area (Å²) < 4.78 is 7.45. The van der Waals surface area contributed by atoms with E-state index in [4.69, 9.17) is 4.74 Å². The molecule has 4 nitrogen and oxygen atoms in total. The number of aromatic nitrogens is 1. The lowest BCUT2D eigenvalue weighted by atomic mass is 10.2. The highest BCUT2D eigenvalue weighted by Crippen LogP contribution is 2.13. The molecule has 0 radical (unpaired) electrons. The van der Waals surface area contributed by atoms with E-state index in [1.807, 2.05) is 7.05 Å². The lowest BCUT2D eigenvalue weighted by Gasteiger charge is -2.26. The summed E-state index contributed by atoms with van der Waals surface area (Å²) >= 11 is 0. The van der Waals surface area contributed by atoms with Gasteiger partial charge in [-0.25, -0.2) is 0 Å². The highest BCUT2D eigenvalue weighted by atomic mass is 16.5. The molecule has 1 aromatic heterocycles. The van der Waals surface area contributed by atoms with E-state index in [0.29, 0.717) is 0 Å². The summed E-state index contributed by atoms with van der Waals surface area (Å²) in [6.45, 7) is 5.67. The Morgan fingerprint density at radius 3 is 2.48 bits per heavy atom. The van der Waals surface area contributed by atoms with Crippen molar-refractivity contribution in [1.82, 2.24) is 9.47 Å². The summed E-state index contributed by atoms with van der Waals surface area (Å²) in [4.78, 5) is 2.44. The Morgan fingerprint density at radius 2 is 1.81 bits per heavy atom. The van der Waals surface area contributed by atoms with Gasteiger partial charge in [0.25, 0.3) is 0 Å². The molecule has 4 heteroatoms. The molecular weight excluding hydrogens is 262 g/mol. The van der Waals surface area contributed by atoms with Crippen LogP contribution in [-0.2, 0) is 24.9 Å². The third-order valence-corrected chi connectivity index (χ3v) is 3.85. The fourth-order valence-corrected chi connectivity index (χ4v) is 2.62. The van der Waals surface area contributed by atoms with Crippen molar-refractivity contribution in [2.24, 2.45) is 7.05 Å². The molecule has 2 heterocycles. The molecule has 2 aromatic rings. The maximum atomic E-state index is 5.38. The van der Waals surface area contributed by atoms with E-state index in [1.165, 1.54) is 16.8 Å². The fourth-order valence-electron chi connectivity index (χ4n) is 2.62. The van der Waals surface area contributed by atoms with Gasteiger partial charge in [0.2, 0.25) is 0 Å². The molecular formula is C17H23N3O. The molecule has 0 atom stereocenters. The Morgan fingerprint density at radius 1 is 1.05 bits per heavy atom. The number of nitrogens with one attached hydrogen (secondary N) is 1. The van der Waals surface area contributed by atoms with Gasteiger partial charge in [0, 0.05) is 51.3 Å². The molecule has 1 N–H and O–H groups in total. The SMILES string of the molecule is Cn1ccc(CNc2ccc(CN3CCOCC3)cc2)c1. The number of hydrogen-bond donors (Lipinski definition) is 1. The quantitative estimate of drug-likeness (QED) is 0.915. The molecule has 0 saturated carbocycles. The van der Waals surface area contributed by atoms with Crippen LogP contribution in [0.15, 0.2) is 42.7 Å². The van der Waals surface area contributed by atoms with Gasteiger partial charge in [-0.2, -0.15) is 0 Å². The zero-order valence-corrected chi connectivity index (χ0v) is 12.6. The van der Waals surface area contributed by atoms with Crippen LogP contribution in [0, 0.1) is 0 Å². The molecule has 0 bridgehead atoms. The number of hydrogen-bond acceptors (Lipinski definition) is 3. The van der Waals surface area contributed by atoms with Crippen molar-refractivity contribution in [2.75, 3.05) is 31.6 Å². The Kier molecular flexibility index (Phi) is 4.58. The summed E-state index contributed by atoms with van der Waals surface area (Å²) in [7, 11) is 2.05. The Labute approximate surface area is 126 Å².